The molecule has 0 bridgehead atoms. The number of fused-ring (bicyclic) bond motifs is 4. The van der Waals surface area contributed by atoms with Gasteiger partial charge in [0, 0.05) is 87.0 Å². The van der Waals surface area contributed by atoms with Crippen molar-refractivity contribution in [3.05, 3.63) is 96.1 Å². The third kappa shape index (κ3) is 10.1. The van der Waals surface area contributed by atoms with Gasteiger partial charge in [0.25, 0.3) is 11.8 Å². The van der Waals surface area contributed by atoms with E-state index in [1.807, 2.05) is 60.7 Å². The van der Waals surface area contributed by atoms with Gasteiger partial charge in [0.2, 0.25) is 0 Å². The molecule has 2 aliphatic heterocycles. The molecule has 4 heterocycles. The first kappa shape index (κ1) is 41.3. The Bertz CT molecular complexity index is 2230. The number of unbranched alkanes of at least 4 members (excludes halogenated alkanes) is 5. The van der Waals surface area contributed by atoms with E-state index in [2.05, 4.69) is 55.3 Å². The molecule has 0 radical (unpaired) electrons. The third-order valence-electron chi connectivity index (χ3n) is 11.8. The van der Waals surface area contributed by atoms with E-state index in [1.165, 1.54) is 12.8 Å². The number of anilines is 2. The van der Waals surface area contributed by atoms with Crippen molar-refractivity contribution in [3.8, 4) is 0 Å². The summed E-state index contributed by atoms with van der Waals surface area (Å²) in [6.07, 6.45) is 6.70. The van der Waals surface area contributed by atoms with Gasteiger partial charge in [-0.1, -0.05) is 86.3 Å². The van der Waals surface area contributed by atoms with Crippen LogP contribution in [0.3, 0.4) is 0 Å². The highest BCUT2D eigenvalue weighted by atomic mass is 16.5. The minimum absolute atomic E-state index is 0.0929. The molecule has 2 fully saturated rings. The van der Waals surface area contributed by atoms with Crippen molar-refractivity contribution < 1.29 is 19.1 Å². The van der Waals surface area contributed by atoms with Crippen LogP contribution in [-0.2, 0) is 9.47 Å². The van der Waals surface area contributed by atoms with E-state index in [1.54, 1.807) is 0 Å². The molecule has 0 unspecified atom stereocenters. The lowest BCUT2D eigenvalue weighted by Gasteiger charge is -2.26. The highest BCUT2D eigenvalue weighted by Gasteiger charge is 2.19. The monoisotopic (exact) mass is 810 g/mol. The molecule has 12 nitrogen and oxygen atoms in total. The molecular formula is C48H58N8O4. The van der Waals surface area contributed by atoms with Crippen LogP contribution in [-0.4, -0.2) is 123 Å². The van der Waals surface area contributed by atoms with E-state index in [4.69, 9.17) is 19.4 Å². The van der Waals surface area contributed by atoms with Crippen molar-refractivity contribution in [1.29, 1.82) is 0 Å². The van der Waals surface area contributed by atoms with Gasteiger partial charge < -0.3 is 30.7 Å². The maximum atomic E-state index is 13.4. The van der Waals surface area contributed by atoms with Gasteiger partial charge in [-0.25, -0.2) is 9.97 Å². The van der Waals surface area contributed by atoms with Gasteiger partial charge in [-0.2, -0.15) is 0 Å². The van der Waals surface area contributed by atoms with Crippen LogP contribution in [0.25, 0.3) is 43.6 Å². The lowest BCUT2D eigenvalue weighted by molar-refractivity contribution is 0.0382. The number of pyridine rings is 2. The fourth-order valence-electron chi connectivity index (χ4n) is 8.45. The number of carbonyl (C=O) groups is 2. The van der Waals surface area contributed by atoms with E-state index in [0.29, 0.717) is 24.2 Å². The van der Waals surface area contributed by atoms with Crippen molar-refractivity contribution in [2.75, 3.05) is 103 Å². The Balaban J connectivity index is 0.818. The molecule has 2 aromatic heterocycles. The van der Waals surface area contributed by atoms with Gasteiger partial charge >= 0.3 is 0 Å². The van der Waals surface area contributed by atoms with Crippen LogP contribution in [0.2, 0.25) is 0 Å². The first-order valence-corrected chi connectivity index (χ1v) is 21.9. The van der Waals surface area contributed by atoms with Crippen LogP contribution in [0, 0.1) is 0 Å². The second kappa shape index (κ2) is 20.7. The summed E-state index contributed by atoms with van der Waals surface area (Å²) in [6, 6.07) is 28.1. The largest absolute Gasteiger partial charge is 0.384 e. The summed E-state index contributed by atoms with van der Waals surface area (Å²) in [4.78, 5) is 41.4. The van der Waals surface area contributed by atoms with Gasteiger partial charge in [0.15, 0.2) is 0 Å². The third-order valence-corrected chi connectivity index (χ3v) is 11.8. The van der Waals surface area contributed by atoms with Gasteiger partial charge in [0.05, 0.1) is 71.0 Å². The maximum Gasteiger partial charge on any atom is 0.253 e. The normalized spacial score (nSPS) is 15.1. The fourth-order valence-corrected chi connectivity index (χ4v) is 8.45. The number of amides is 2. The van der Waals surface area contributed by atoms with E-state index < -0.39 is 0 Å². The molecule has 4 N–H and O–H groups in total. The summed E-state index contributed by atoms with van der Waals surface area (Å²) in [5, 5.41) is 17.8. The summed E-state index contributed by atoms with van der Waals surface area (Å²) in [7, 11) is 0. The van der Waals surface area contributed by atoms with E-state index >= 15 is 0 Å². The summed E-state index contributed by atoms with van der Waals surface area (Å²) in [5.41, 5.74) is 6.49. The van der Waals surface area contributed by atoms with Crippen LogP contribution in [0.5, 0.6) is 0 Å². The topological polar surface area (TPSA) is 133 Å². The van der Waals surface area contributed by atoms with Crippen LogP contribution >= 0.6 is 0 Å². The smallest absolute Gasteiger partial charge is 0.253 e. The fraction of sp³-hybridized carbons (Fsp3) is 0.417. The zero-order valence-electron chi connectivity index (χ0n) is 34.6. The Hall–Kier alpha value is -5.40. The molecule has 314 valence electrons. The first-order chi connectivity index (χ1) is 29.6. The predicted molar refractivity (Wildman–Crippen MR) is 242 cm³/mol. The molecule has 8 rings (SSSR count). The Labute approximate surface area is 352 Å². The number of nitrogens with one attached hydrogen (secondary N) is 4. The van der Waals surface area contributed by atoms with E-state index in [9.17, 15) is 9.59 Å². The van der Waals surface area contributed by atoms with Crippen LogP contribution in [0.15, 0.2) is 84.9 Å². The van der Waals surface area contributed by atoms with Crippen molar-refractivity contribution in [3.63, 3.8) is 0 Å². The lowest BCUT2D eigenvalue weighted by atomic mass is 10.0. The molecule has 0 aliphatic carbocycles. The SMILES string of the molecule is O=C(NCCN1CCOCC1)c1cccc2c(NCCCCCCCCNc3c4ccccc4nc4c(C(=O)NCCN5CCOCC5)cccc34)c3ccccc3nc12. The predicted octanol–water partition coefficient (Wildman–Crippen LogP) is 7.08. The second-order valence-electron chi connectivity index (χ2n) is 15.8. The quantitative estimate of drug-likeness (QED) is 0.0497. The molecule has 0 saturated carbocycles. The Morgan fingerprint density at radius 1 is 0.483 bits per heavy atom. The highest BCUT2D eigenvalue weighted by Crippen LogP contribution is 2.34. The van der Waals surface area contributed by atoms with Crippen LogP contribution < -0.4 is 21.3 Å². The zero-order chi connectivity index (χ0) is 40.9. The van der Waals surface area contributed by atoms with Gasteiger partial charge in [-0.3, -0.25) is 19.4 Å². The summed E-state index contributed by atoms with van der Waals surface area (Å²) < 4.78 is 10.9. The van der Waals surface area contributed by atoms with E-state index in [-0.39, 0.29) is 11.8 Å². The number of aromatic nitrogens is 2. The van der Waals surface area contributed by atoms with Crippen molar-refractivity contribution in [2.24, 2.45) is 0 Å². The average molecular weight is 811 g/mol. The number of hydrogen-bond donors (Lipinski definition) is 4. The maximum absolute atomic E-state index is 13.4. The Morgan fingerprint density at radius 2 is 0.883 bits per heavy atom. The number of carbonyl (C=O) groups excluding carboxylic acids is 2. The van der Waals surface area contributed by atoms with Gasteiger partial charge in [0.1, 0.15) is 0 Å². The molecule has 2 saturated heterocycles. The number of nitrogens with zero attached hydrogens (tertiary/aromatic N) is 4. The second-order valence-corrected chi connectivity index (χ2v) is 15.8. The molecule has 60 heavy (non-hydrogen) atoms. The Morgan fingerprint density at radius 3 is 1.33 bits per heavy atom. The first-order valence-electron chi connectivity index (χ1n) is 21.9. The van der Waals surface area contributed by atoms with Gasteiger partial charge in [-0.15, -0.1) is 0 Å². The number of hydrogen-bond acceptors (Lipinski definition) is 10. The summed E-state index contributed by atoms with van der Waals surface area (Å²) in [5.74, 6) is -0.186. The summed E-state index contributed by atoms with van der Waals surface area (Å²) >= 11 is 0. The molecule has 4 aromatic carbocycles. The molecule has 0 atom stereocenters. The number of ether oxygens (including phenoxy) is 2. The minimum Gasteiger partial charge on any atom is -0.384 e. The highest BCUT2D eigenvalue weighted by molar-refractivity contribution is 6.15. The number of para-hydroxylation sites is 4. The van der Waals surface area contributed by atoms with Crippen molar-refractivity contribution in [1.82, 2.24) is 30.4 Å². The molecule has 12 heteroatoms. The number of benzene rings is 4. The van der Waals surface area contributed by atoms with Gasteiger partial charge in [-0.05, 0) is 37.1 Å². The van der Waals surface area contributed by atoms with Crippen molar-refractivity contribution >= 4 is 66.8 Å². The molecule has 6 aromatic rings. The molecule has 0 spiro atoms. The van der Waals surface area contributed by atoms with Crippen LogP contribution in [0.1, 0.15) is 59.2 Å². The molecule has 2 amide bonds. The van der Waals surface area contributed by atoms with Crippen LogP contribution in [0.4, 0.5) is 11.4 Å². The number of rotatable bonds is 19. The average Bonchev–Trinajstić information content (AvgIpc) is 3.29. The van der Waals surface area contributed by atoms with Crippen molar-refractivity contribution in [2.45, 2.75) is 38.5 Å². The standard InChI is InChI=1S/C48H58N8O4/c57-47(51-23-25-55-27-31-59-32-28-55)39-17-11-15-37-43(35-13-5-7-19-41(35)53-45(37)39)49-21-9-3-1-2-4-10-22-50-44-36-14-6-8-20-42(36)54-46-38(44)16-12-18-40(46)48(58)52-24-26-56-29-33-60-34-30-56/h5-8,11-20H,1-4,9-10,21-34H2,(H,49,53)(H,50,54)(H,51,57)(H,52,58). The molecular weight excluding hydrogens is 753 g/mol. The Kier molecular flexibility index (Phi) is 14.3. The number of morpholine rings is 2. The van der Waals surface area contributed by atoms with E-state index in [0.717, 1.165) is 159 Å². The minimum atomic E-state index is -0.0929. The molecule has 2 aliphatic rings. The summed E-state index contributed by atoms with van der Waals surface area (Å²) in [6.45, 7) is 11.0. The lowest BCUT2D eigenvalue weighted by Crippen LogP contribution is -2.41. The zero-order valence-corrected chi connectivity index (χ0v) is 34.6.